The second-order valence-electron chi connectivity index (χ2n) is 7.33. The van der Waals surface area contributed by atoms with E-state index in [-0.39, 0.29) is 5.91 Å². The van der Waals surface area contributed by atoms with Crippen LogP contribution in [0.25, 0.3) is 0 Å². The van der Waals surface area contributed by atoms with Crippen LogP contribution < -0.4 is 14.2 Å². The van der Waals surface area contributed by atoms with E-state index >= 15 is 0 Å². The van der Waals surface area contributed by atoms with Crippen LogP contribution in [0.4, 0.5) is 0 Å². The Balaban J connectivity index is 1.52. The normalized spacial score (nSPS) is 14.6. The van der Waals surface area contributed by atoms with Gasteiger partial charge in [0.15, 0.2) is 11.5 Å². The highest BCUT2D eigenvalue weighted by molar-refractivity contribution is 5.79. The molecule has 0 unspecified atom stereocenters. The Morgan fingerprint density at radius 3 is 2.07 bits per heavy atom. The van der Waals surface area contributed by atoms with Gasteiger partial charge in [-0.05, 0) is 41.8 Å². The molecule has 1 saturated heterocycles. The lowest BCUT2D eigenvalue weighted by Crippen LogP contribution is -2.48. The predicted molar refractivity (Wildman–Crippen MR) is 113 cm³/mol. The lowest BCUT2D eigenvalue weighted by Gasteiger charge is -2.35. The summed E-state index contributed by atoms with van der Waals surface area (Å²) in [5.74, 6) is 2.39. The van der Waals surface area contributed by atoms with Crippen molar-refractivity contribution in [3.05, 3.63) is 53.1 Å². The molecule has 0 spiro atoms. The zero-order valence-electron chi connectivity index (χ0n) is 17.7. The third-order valence-electron chi connectivity index (χ3n) is 5.39. The van der Waals surface area contributed by atoms with Gasteiger partial charge < -0.3 is 19.1 Å². The average Bonchev–Trinajstić information content (AvgIpc) is 2.74. The third kappa shape index (κ3) is 5.21. The van der Waals surface area contributed by atoms with Crippen molar-refractivity contribution in [1.82, 2.24) is 9.80 Å². The van der Waals surface area contributed by atoms with E-state index < -0.39 is 0 Å². The molecule has 1 amide bonds. The minimum atomic E-state index is 0.150. The van der Waals surface area contributed by atoms with Gasteiger partial charge in [0, 0.05) is 32.7 Å². The molecule has 6 heteroatoms. The highest BCUT2D eigenvalue weighted by Gasteiger charge is 2.21. The monoisotopic (exact) mass is 398 g/mol. The Morgan fingerprint density at radius 1 is 0.828 bits per heavy atom. The average molecular weight is 399 g/mol. The number of methoxy groups -OCH3 is 3. The Labute approximate surface area is 173 Å². The number of carbonyl (C=O) groups excluding carboxylic acids is 1. The third-order valence-corrected chi connectivity index (χ3v) is 5.39. The fourth-order valence-corrected chi connectivity index (χ4v) is 3.73. The van der Waals surface area contributed by atoms with Gasteiger partial charge in [0.05, 0.1) is 27.8 Å². The standard InChI is InChI=1S/C23H30N2O4/c1-17-13-19(6-7-20(17)27-2)16-24-9-11-25(12-10-24)23(26)15-18-5-8-21(28-3)22(14-18)29-4/h5-8,13-14H,9-12,15-16H2,1-4H3. The molecule has 3 rings (SSSR count). The van der Waals surface area contributed by atoms with Gasteiger partial charge in [-0.3, -0.25) is 9.69 Å². The smallest absolute Gasteiger partial charge is 0.227 e. The highest BCUT2D eigenvalue weighted by Crippen LogP contribution is 2.28. The number of aryl methyl sites for hydroxylation is 1. The largest absolute Gasteiger partial charge is 0.496 e. The van der Waals surface area contributed by atoms with Crippen LogP contribution in [0.15, 0.2) is 36.4 Å². The minimum absolute atomic E-state index is 0.150. The van der Waals surface area contributed by atoms with Crippen LogP contribution in [0.2, 0.25) is 0 Å². The van der Waals surface area contributed by atoms with Crippen LogP contribution in [-0.4, -0.2) is 63.2 Å². The number of ether oxygens (including phenoxy) is 3. The highest BCUT2D eigenvalue weighted by atomic mass is 16.5. The van der Waals surface area contributed by atoms with Crippen molar-refractivity contribution in [2.24, 2.45) is 0 Å². The molecular formula is C23H30N2O4. The number of benzene rings is 2. The molecule has 1 heterocycles. The molecule has 1 aliphatic heterocycles. The molecule has 1 aliphatic rings. The Morgan fingerprint density at radius 2 is 1.45 bits per heavy atom. The van der Waals surface area contributed by atoms with E-state index in [1.54, 1.807) is 21.3 Å². The predicted octanol–water partition coefficient (Wildman–Crippen LogP) is 2.91. The molecule has 2 aromatic carbocycles. The van der Waals surface area contributed by atoms with Gasteiger partial charge in [-0.1, -0.05) is 18.2 Å². The maximum Gasteiger partial charge on any atom is 0.227 e. The van der Waals surface area contributed by atoms with Crippen LogP contribution in [-0.2, 0) is 17.8 Å². The second-order valence-corrected chi connectivity index (χ2v) is 7.33. The summed E-state index contributed by atoms with van der Waals surface area (Å²) in [5, 5.41) is 0. The lowest BCUT2D eigenvalue weighted by atomic mass is 10.1. The minimum Gasteiger partial charge on any atom is -0.496 e. The zero-order valence-corrected chi connectivity index (χ0v) is 17.7. The van der Waals surface area contributed by atoms with Crippen molar-refractivity contribution in [2.75, 3.05) is 47.5 Å². The summed E-state index contributed by atoms with van der Waals surface area (Å²) in [5.41, 5.74) is 3.35. The maximum absolute atomic E-state index is 12.7. The number of carbonyl (C=O) groups is 1. The van der Waals surface area contributed by atoms with E-state index in [0.717, 1.165) is 49.6 Å². The summed E-state index contributed by atoms with van der Waals surface area (Å²) in [6.45, 7) is 6.21. The van der Waals surface area contributed by atoms with Crippen molar-refractivity contribution in [3.8, 4) is 17.2 Å². The van der Waals surface area contributed by atoms with E-state index in [0.29, 0.717) is 17.9 Å². The summed E-state index contributed by atoms with van der Waals surface area (Å²) in [6, 6.07) is 11.9. The molecular weight excluding hydrogens is 368 g/mol. The topological polar surface area (TPSA) is 51.2 Å². The van der Waals surface area contributed by atoms with Gasteiger partial charge in [-0.25, -0.2) is 0 Å². The number of hydrogen-bond donors (Lipinski definition) is 0. The first kappa shape index (κ1) is 21.0. The molecule has 0 saturated carbocycles. The van der Waals surface area contributed by atoms with Crippen LogP contribution in [0.5, 0.6) is 17.2 Å². The molecule has 6 nitrogen and oxygen atoms in total. The number of rotatable bonds is 7. The quantitative estimate of drug-likeness (QED) is 0.718. The van der Waals surface area contributed by atoms with E-state index in [9.17, 15) is 4.79 Å². The summed E-state index contributed by atoms with van der Waals surface area (Å²) in [6.07, 6.45) is 0.373. The molecule has 0 bridgehead atoms. The number of hydrogen-bond acceptors (Lipinski definition) is 5. The van der Waals surface area contributed by atoms with Crippen LogP contribution in [0, 0.1) is 6.92 Å². The summed E-state index contributed by atoms with van der Waals surface area (Å²) in [4.78, 5) is 17.1. The summed E-state index contributed by atoms with van der Waals surface area (Å²) >= 11 is 0. The van der Waals surface area contributed by atoms with E-state index in [4.69, 9.17) is 14.2 Å². The fourth-order valence-electron chi connectivity index (χ4n) is 3.73. The number of piperazine rings is 1. The molecule has 29 heavy (non-hydrogen) atoms. The van der Waals surface area contributed by atoms with Gasteiger partial charge in [0.2, 0.25) is 5.91 Å². The first-order valence-corrected chi connectivity index (χ1v) is 9.88. The first-order chi connectivity index (χ1) is 14.0. The van der Waals surface area contributed by atoms with Crippen LogP contribution in [0.1, 0.15) is 16.7 Å². The molecule has 156 valence electrons. The van der Waals surface area contributed by atoms with Gasteiger partial charge in [-0.15, -0.1) is 0 Å². The first-order valence-electron chi connectivity index (χ1n) is 9.88. The molecule has 1 fully saturated rings. The van der Waals surface area contributed by atoms with Crippen molar-refractivity contribution < 1.29 is 19.0 Å². The number of amides is 1. The fraction of sp³-hybridized carbons (Fsp3) is 0.435. The van der Waals surface area contributed by atoms with Crippen molar-refractivity contribution >= 4 is 5.91 Å². The summed E-state index contributed by atoms with van der Waals surface area (Å²) in [7, 11) is 4.91. The lowest BCUT2D eigenvalue weighted by molar-refractivity contribution is -0.132. The van der Waals surface area contributed by atoms with E-state index in [1.807, 2.05) is 29.2 Å². The molecule has 0 aliphatic carbocycles. The van der Waals surface area contributed by atoms with E-state index in [2.05, 4.69) is 24.0 Å². The van der Waals surface area contributed by atoms with E-state index in [1.165, 1.54) is 5.56 Å². The van der Waals surface area contributed by atoms with Gasteiger partial charge >= 0.3 is 0 Å². The van der Waals surface area contributed by atoms with Crippen LogP contribution >= 0.6 is 0 Å². The molecule has 0 atom stereocenters. The van der Waals surface area contributed by atoms with Crippen LogP contribution in [0.3, 0.4) is 0 Å². The number of nitrogens with zero attached hydrogens (tertiary/aromatic N) is 2. The second kappa shape index (κ2) is 9.65. The van der Waals surface area contributed by atoms with Gasteiger partial charge in [0.25, 0.3) is 0 Å². The molecule has 0 radical (unpaired) electrons. The maximum atomic E-state index is 12.7. The molecule has 0 N–H and O–H groups in total. The Hall–Kier alpha value is -2.73. The van der Waals surface area contributed by atoms with Gasteiger partial charge in [0.1, 0.15) is 5.75 Å². The van der Waals surface area contributed by atoms with Crippen molar-refractivity contribution in [1.29, 1.82) is 0 Å². The van der Waals surface area contributed by atoms with Gasteiger partial charge in [-0.2, -0.15) is 0 Å². The van der Waals surface area contributed by atoms with Crippen molar-refractivity contribution in [3.63, 3.8) is 0 Å². The Kier molecular flexibility index (Phi) is 6.99. The van der Waals surface area contributed by atoms with Crippen molar-refractivity contribution in [2.45, 2.75) is 19.9 Å². The summed E-state index contributed by atoms with van der Waals surface area (Å²) < 4.78 is 15.9. The molecule has 2 aromatic rings. The Bertz CT molecular complexity index is 845. The SMILES string of the molecule is COc1ccc(CN2CCN(C(=O)Cc3ccc(OC)c(OC)c3)CC2)cc1C. The molecule has 0 aromatic heterocycles. The zero-order chi connectivity index (χ0) is 20.8.